The molecule has 0 N–H and O–H groups in total. The third kappa shape index (κ3) is 4.48. The highest BCUT2D eigenvalue weighted by molar-refractivity contribution is 5.32. The first-order valence-electron chi connectivity index (χ1n) is 7.17. The molecule has 0 saturated carbocycles. The van der Waals surface area contributed by atoms with Crippen LogP contribution in [0, 0.1) is 0 Å². The van der Waals surface area contributed by atoms with Crippen molar-refractivity contribution in [2.75, 3.05) is 19.8 Å². The molecule has 2 aromatic carbocycles. The summed E-state index contributed by atoms with van der Waals surface area (Å²) in [4.78, 5) is 0. The number of benzene rings is 2. The summed E-state index contributed by atoms with van der Waals surface area (Å²) in [5.41, 5.74) is 2.62. The quantitative estimate of drug-likeness (QED) is 0.665. The van der Waals surface area contributed by atoms with Crippen LogP contribution in [-0.4, -0.2) is 19.8 Å². The van der Waals surface area contributed by atoms with Crippen molar-refractivity contribution in [1.29, 1.82) is 0 Å². The highest BCUT2D eigenvalue weighted by Crippen LogP contribution is 2.27. The molecule has 0 aromatic heterocycles. The van der Waals surface area contributed by atoms with Gasteiger partial charge >= 0.3 is 0 Å². The van der Waals surface area contributed by atoms with Crippen molar-refractivity contribution in [3.05, 3.63) is 71.8 Å². The molecule has 0 saturated heterocycles. The number of rotatable bonds is 8. The maximum atomic E-state index is 10.4. The summed E-state index contributed by atoms with van der Waals surface area (Å²) in [6, 6.07) is 21.0. The molecule has 0 bridgehead atoms. The van der Waals surface area contributed by atoms with E-state index in [1.54, 1.807) is 0 Å². The monoisotopic (exact) mass is 269 g/mol. The Labute approximate surface area is 121 Å². The Morgan fingerprint density at radius 3 is 1.85 bits per heavy atom. The average molecular weight is 269 g/mol. The molecule has 0 fully saturated rings. The largest absolute Gasteiger partial charge is 0.381 e. The van der Waals surface area contributed by atoms with E-state index >= 15 is 0 Å². The van der Waals surface area contributed by atoms with E-state index in [4.69, 9.17) is 4.74 Å². The maximum absolute atomic E-state index is 10.4. The van der Waals surface area contributed by atoms with Crippen LogP contribution in [0.4, 0.5) is 0 Å². The highest BCUT2D eigenvalue weighted by Gasteiger charge is 2.13. The van der Waals surface area contributed by atoms with E-state index in [-0.39, 0.29) is 6.61 Å². The van der Waals surface area contributed by atoms with Crippen LogP contribution in [0.5, 0.6) is 0 Å². The lowest BCUT2D eigenvalue weighted by Gasteiger charge is -2.18. The number of hydrogen-bond donors (Lipinski definition) is 0. The molecular weight excluding hydrogens is 248 g/mol. The zero-order valence-corrected chi connectivity index (χ0v) is 11.7. The second-order valence-electron chi connectivity index (χ2n) is 4.83. The van der Waals surface area contributed by atoms with Gasteiger partial charge in [-0.25, -0.2) is 5.11 Å². The standard InChI is InChI=1S/C18H21O2/c19-13-7-14-20-15-12-18(16-8-3-1-4-9-16)17-10-5-2-6-11-17/h1-6,8-11,18H,7,12-15H2. The van der Waals surface area contributed by atoms with Gasteiger partial charge in [0.15, 0.2) is 0 Å². The third-order valence-electron chi connectivity index (χ3n) is 3.39. The topological polar surface area (TPSA) is 29.1 Å². The molecule has 0 spiro atoms. The Hall–Kier alpha value is -1.64. The second-order valence-corrected chi connectivity index (χ2v) is 4.83. The summed E-state index contributed by atoms with van der Waals surface area (Å²) < 4.78 is 5.55. The van der Waals surface area contributed by atoms with E-state index in [0.29, 0.717) is 25.6 Å². The zero-order valence-electron chi connectivity index (χ0n) is 11.7. The normalized spacial score (nSPS) is 10.9. The van der Waals surface area contributed by atoms with E-state index < -0.39 is 0 Å². The van der Waals surface area contributed by atoms with Crippen LogP contribution in [0.2, 0.25) is 0 Å². The fraction of sp³-hybridized carbons (Fsp3) is 0.333. The maximum Gasteiger partial charge on any atom is 0.0844 e. The first-order chi connectivity index (χ1) is 9.92. The van der Waals surface area contributed by atoms with Crippen LogP contribution in [0.3, 0.4) is 0 Å². The van der Waals surface area contributed by atoms with E-state index in [1.807, 2.05) is 12.1 Å². The van der Waals surface area contributed by atoms with Crippen LogP contribution in [0.1, 0.15) is 29.9 Å². The predicted octanol–water partition coefficient (Wildman–Crippen LogP) is 4.05. The molecule has 0 heterocycles. The Balaban J connectivity index is 2.02. The minimum Gasteiger partial charge on any atom is -0.381 e. The van der Waals surface area contributed by atoms with Gasteiger partial charge in [0.05, 0.1) is 6.61 Å². The first-order valence-corrected chi connectivity index (χ1v) is 7.17. The van der Waals surface area contributed by atoms with Crippen molar-refractivity contribution in [3.8, 4) is 0 Å². The average Bonchev–Trinajstić information content (AvgIpc) is 2.53. The molecule has 2 rings (SSSR count). The Morgan fingerprint density at radius 1 is 0.800 bits per heavy atom. The molecule has 1 radical (unpaired) electrons. The van der Waals surface area contributed by atoms with Gasteiger partial charge < -0.3 is 4.74 Å². The van der Waals surface area contributed by atoms with E-state index in [0.717, 1.165) is 6.42 Å². The highest BCUT2D eigenvalue weighted by atomic mass is 16.5. The van der Waals surface area contributed by atoms with Gasteiger partial charge in [-0.15, -0.1) is 0 Å². The van der Waals surface area contributed by atoms with E-state index in [1.165, 1.54) is 11.1 Å². The van der Waals surface area contributed by atoms with Gasteiger partial charge in [0, 0.05) is 19.1 Å². The van der Waals surface area contributed by atoms with Crippen molar-refractivity contribution in [2.45, 2.75) is 18.8 Å². The van der Waals surface area contributed by atoms with Gasteiger partial charge in [0.1, 0.15) is 0 Å². The smallest absolute Gasteiger partial charge is 0.0844 e. The summed E-state index contributed by atoms with van der Waals surface area (Å²) in [7, 11) is 0. The van der Waals surface area contributed by atoms with Gasteiger partial charge in [0.2, 0.25) is 0 Å². The summed E-state index contributed by atoms with van der Waals surface area (Å²) in [6.07, 6.45) is 1.54. The number of ether oxygens (including phenoxy) is 1. The minimum absolute atomic E-state index is 0.0548. The Morgan fingerprint density at radius 2 is 1.35 bits per heavy atom. The molecule has 105 valence electrons. The molecule has 0 unspecified atom stereocenters. The van der Waals surface area contributed by atoms with Crippen molar-refractivity contribution < 1.29 is 9.84 Å². The summed E-state index contributed by atoms with van der Waals surface area (Å²) in [5, 5.41) is 10.4. The zero-order chi connectivity index (χ0) is 14.0. The fourth-order valence-corrected chi connectivity index (χ4v) is 2.36. The van der Waals surface area contributed by atoms with Gasteiger partial charge in [-0.2, -0.15) is 0 Å². The van der Waals surface area contributed by atoms with Gasteiger partial charge in [0.25, 0.3) is 0 Å². The van der Waals surface area contributed by atoms with Crippen LogP contribution in [0.25, 0.3) is 0 Å². The van der Waals surface area contributed by atoms with E-state index in [2.05, 4.69) is 48.5 Å². The molecule has 2 nitrogen and oxygen atoms in total. The predicted molar refractivity (Wildman–Crippen MR) is 80.3 cm³/mol. The molecule has 2 heteroatoms. The summed E-state index contributed by atoms with van der Waals surface area (Å²) in [6.45, 7) is 1.20. The second kappa shape index (κ2) is 8.51. The van der Waals surface area contributed by atoms with Crippen LogP contribution < -0.4 is 0 Å². The molecule has 20 heavy (non-hydrogen) atoms. The molecule has 0 amide bonds. The summed E-state index contributed by atoms with van der Waals surface area (Å²) >= 11 is 0. The van der Waals surface area contributed by atoms with Gasteiger partial charge in [-0.1, -0.05) is 60.7 Å². The van der Waals surface area contributed by atoms with Crippen LogP contribution in [-0.2, 0) is 9.84 Å². The Bertz CT molecular complexity index is 428. The van der Waals surface area contributed by atoms with Crippen LogP contribution >= 0.6 is 0 Å². The van der Waals surface area contributed by atoms with Crippen molar-refractivity contribution in [1.82, 2.24) is 0 Å². The van der Waals surface area contributed by atoms with Gasteiger partial charge in [-0.3, -0.25) is 0 Å². The molecular formula is C18H21O2. The molecule has 0 aliphatic carbocycles. The summed E-state index contributed by atoms with van der Waals surface area (Å²) in [5.74, 6) is 0.352. The van der Waals surface area contributed by atoms with Crippen molar-refractivity contribution in [2.24, 2.45) is 0 Å². The molecule has 2 aromatic rings. The third-order valence-corrected chi connectivity index (χ3v) is 3.39. The number of hydrogen-bond acceptors (Lipinski definition) is 1. The minimum atomic E-state index is -0.0548. The lowest BCUT2D eigenvalue weighted by molar-refractivity contribution is 0.0959. The Kier molecular flexibility index (Phi) is 6.28. The van der Waals surface area contributed by atoms with Crippen molar-refractivity contribution >= 4 is 0 Å². The molecule has 0 aliphatic rings. The first kappa shape index (κ1) is 14.8. The molecule has 0 aliphatic heterocycles. The molecule has 0 atom stereocenters. The van der Waals surface area contributed by atoms with E-state index in [9.17, 15) is 5.11 Å². The SMILES string of the molecule is [O]CCCOCCC(c1ccccc1)c1ccccc1. The lowest BCUT2D eigenvalue weighted by Crippen LogP contribution is -2.07. The van der Waals surface area contributed by atoms with Crippen LogP contribution in [0.15, 0.2) is 60.7 Å². The van der Waals surface area contributed by atoms with Gasteiger partial charge in [-0.05, 0) is 24.0 Å². The van der Waals surface area contributed by atoms with Crippen molar-refractivity contribution in [3.63, 3.8) is 0 Å². The fourth-order valence-electron chi connectivity index (χ4n) is 2.36. The lowest BCUT2D eigenvalue weighted by atomic mass is 9.89.